The van der Waals surface area contributed by atoms with Crippen LogP contribution in [0.25, 0.3) is 6.08 Å². The summed E-state index contributed by atoms with van der Waals surface area (Å²) in [5, 5.41) is 11.8. The number of carboxylic acid groups (broad SMARTS) is 1. The highest BCUT2D eigenvalue weighted by molar-refractivity contribution is 9.10. The number of carbonyl (C=O) groups is 2. The van der Waals surface area contributed by atoms with Crippen molar-refractivity contribution in [3.63, 3.8) is 0 Å². The van der Waals surface area contributed by atoms with E-state index in [0.29, 0.717) is 23.5 Å². The van der Waals surface area contributed by atoms with Crippen LogP contribution in [0.15, 0.2) is 58.7 Å². The maximum absolute atomic E-state index is 11.9. The molecular formula is C21H22BrNO4. The Morgan fingerprint density at radius 1 is 1.11 bits per heavy atom. The fourth-order valence-corrected chi connectivity index (χ4v) is 2.72. The number of unbranched alkanes of at least 4 members (excludes halogenated alkanes) is 2. The molecular weight excluding hydrogens is 410 g/mol. The molecule has 0 radical (unpaired) electrons. The number of aliphatic carboxylic acids is 1. The highest BCUT2D eigenvalue weighted by Crippen LogP contribution is 2.29. The molecule has 0 fully saturated rings. The van der Waals surface area contributed by atoms with Crippen molar-refractivity contribution < 1.29 is 19.4 Å². The van der Waals surface area contributed by atoms with Gasteiger partial charge in [-0.05, 0) is 58.3 Å². The number of carbonyl (C=O) groups excluding carboxylic acids is 1. The molecule has 0 bridgehead atoms. The molecule has 0 saturated heterocycles. The van der Waals surface area contributed by atoms with Gasteiger partial charge in [-0.2, -0.15) is 0 Å². The minimum Gasteiger partial charge on any atom is -0.477 e. The Hall–Kier alpha value is -2.60. The Kier molecular flexibility index (Phi) is 8.07. The molecule has 0 aliphatic rings. The van der Waals surface area contributed by atoms with E-state index >= 15 is 0 Å². The molecule has 0 aromatic heterocycles. The number of hydrogen-bond donors (Lipinski definition) is 2. The minimum atomic E-state index is -1.17. The van der Waals surface area contributed by atoms with E-state index in [1.54, 1.807) is 24.3 Å². The van der Waals surface area contributed by atoms with Gasteiger partial charge >= 0.3 is 5.97 Å². The molecule has 2 N–H and O–H groups in total. The van der Waals surface area contributed by atoms with Crippen molar-refractivity contribution in [2.45, 2.75) is 32.6 Å². The predicted molar refractivity (Wildman–Crippen MR) is 109 cm³/mol. The second-order valence-electron chi connectivity index (χ2n) is 5.97. The van der Waals surface area contributed by atoms with E-state index in [1.165, 1.54) is 6.08 Å². The van der Waals surface area contributed by atoms with E-state index in [4.69, 9.17) is 4.74 Å². The van der Waals surface area contributed by atoms with Crippen molar-refractivity contribution in [1.82, 2.24) is 5.32 Å². The fourth-order valence-electron chi connectivity index (χ4n) is 2.35. The number of nitrogens with one attached hydrogen (secondary N) is 1. The highest BCUT2D eigenvalue weighted by atomic mass is 79.9. The summed E-state index contributed by atoms with van der Waals surface area (Å²) in [7, 11) is 0. The van der Waals surface area contributed by atoms with Gasteiger partial charge in [0.05, 0.1) is 4.47 Å². The van der Waals surface area contributed by atoms with Gasteiger partial charge in [0.25, 0.3) is 0 Å². The minimum absolute atomic E-state index is 0.143. The summed E-state index contributed by atoms with van der Waals surface area (Å²) in [6.45, 7) is 2.05. The Morgan fingerprint density at radius 3 is 2.44 bits per heavy atom. The lowest BCUT2D eigenvalue weighted by molar-refractivity contribution is -0.134. The van der Waals surface area contributed by atoms with Crippen LogP contribution in [-0.2, 0) is 9.59 Å². The lowest BCUT2D eigenvalue weighted by Gasteiger charge is -2.08. The Labute approximate surface area is 167 Å². The summed E-state index contributed by atoms with van der Waals surface area (Å²) in [6, 6.07) is 14.5. The number of benzene rings is 2. The normalized spacial score (nSPS) is 11.1. The molecule has 27 heavy (non-hydrogen) atoms. The number of amides is 1. The molecule has 142 valence electrons. The van der Waals surface area contributed by atoms with Gasteiger partial charge in [0, 0.05) is 6.42 Å². The average molecular weight is 432 g/mol. The van der Waals surface area contributed by atoms with Crippen LogP contribution in [0, 0.1) is 0 Å². The van der Waals surface area contributed by atoms with Crippen molar-refractivity contribution in [2.75, 3.05) is 0 Å². The van der Waals surface area contributed by atoms with E-state index in [-0.39, 0.29) is 11.6 Å². The molecule has 0 atom stereocenters. The number of para-hydroxylation sites is 1. The largest absolute Gasteiger partial charge is 0.477 e. The van der Waals surface area contributed by atoms with Crippen LogP contribution >= 0.6 is 15.9 Å². The van der Waals surface area contributed by atoms with E-state index < -0.39 is 5.97 Å². The maximum atomic E-state index is 11.9. The number of ether oxygens (including phenoxy) is 1. The lowest BCUT2D eigenvalue weighted by atomic mass is 10.1. The second kappa shape index (κ2) is 10.5. The van der Waals surface area contributed by atoms with Crippen molar-refractivity contribution in [2.24, 2.45) is 0 Å². The molecule has 0 spiro atoms. The third-order valence-corrected chi connectivity index (χ3v) is 4.42. The van der Waals surface area contributed by atoms with E-state index in [2.05, 4.69) is 21.2 Å². The first-order chi connectivity index (χ1) is 13.0. The Bertz CT molecular complexity index is 815. The quantitative estimate of drug-likeness (QED) is 0.413. The van der Waals surface area contributed by atoms with Gasteiger partial charge in [0.15, 0.2) is 0 Å². The topological polar surface area (TPSA) is 75.6 Å². The van der Waals surface area contributed by atoms with Crippen molar-refractivity contribution >= 4 is 33.9 Å². The average Bonchev–Trinajstić information content (AvgIpc) is 2.64. The van der Waals surface area contributed by atoms with Crippen LogP contribution in [0.5, 0.6) is 11.5 Å². The van der Waals surface area contributed by atoms with Crippen molar-refractivity contribution in [1.29, 1.82) is 0 Å². The zero-order valence-electron chi connectivity index (χ0n) is 15.1. The van der Waals surface area contributed by atoms with Gasteiger partial charge in [-0.15, -0.1) is 0 Å². The van der Waals surface area contributed by atoms with Gasteiger partial charge in [0.1, 0.15) is 17.2 Å². The zero-order chi connectivity index (χ0) is 19.6. The van der Waals surface area contributed by atoms with E-state index in [1.807, 2.05) is 31.2 Å². The van der Waals surface area contributed by atoms with Crippen LogP contribution in [0.4, 0.5) is 0 Å². The second-order valence-corrected chi connectivity index (χ2v) is 6.82. The van der Waals surface area contributed by atoms with Crippen LogP contribution in [-0.4, -0.2) is 17.0 Å². The first-order valence-corrected chi connectivity index (χ1v) is 9.56. The molecule has 2 rings (SSSR count). The predicted octanol–water partition coefficient (Wildman–Crippen LogP) is 5.36. The van der Waals surface area contributed by atoms with Gasteiger partial charge < -0.3 is 15.2 Å². The molecule has 0 aliphatic carbocycles. The Balaban J connectivity index is 2.05. The maximum Gasteiger partial charge on any atom is 0.352 e. The molecule has 0 heterocycles. The monoisotopic (exact) mass is 431 g/mol. The third-order valence-electron chi connectivity index (χ3n) is 3.77. The van der Waals surface area contributed by atoms with Gasteiger partial charge in [-0.3, -0.25) is 4.79 Å². The first-order valence-electron chi connectivity index (χ1n) is 8.77. The number of carboxylic acids is 1. The van der Waals surface area contributed by atoms with Crippen molar-refractivity contribution in [3.05, 3.63) is 64.3 Å². The molecule has 5 nitrogen and oxygen atoms in total. The van der Waals surface area contributed by atoms with Gasteiger partial charge in [0.2, 0.25) is 5.91 Å². The summed E-state index contributed by atoms with van der Waals surface area (Å²) in [5.41, 5.74) is 0.511. The third kappa shape index (κ3) is 6.90. The standard InChI is InChI=1S/C21H22BrNO4/c1-2-3-4-9-20(24)23-18(21(25)26)14-15-10-12-16(13-11-15)27-19-8-6-5-7-17(19)22/h5-8,10-14H,2-4,9H2,1H3,(H,23,24)(H,25,26)/b18-14+. The zero-order valence-corrected chi connectivity index (χ0v) is 16.7. The van der Waals surface area contributed by atoms with E-state index in [9.17, 15) is 14.7 Å². The first kappa shape index (κ1) is 20.7. The highest BCUT2D eigenvalue weighted by Gasteiger charge is 2.11. The summed E-state index contributed by atoms with van der Waals surface area (Å²) in [4.78, 5) is 23.3. The van der Waals surface area contributed by atoms with Crippen LogP contribution in [0.2, 0.25) is 0 Å². The van der Waals surface area contributed by atoms with Crippen LogP contribution in [0.1, 0.15) is 38.2 Å². The van der Waals surface area contributed by atoms with Crippen LogP contribution < -0.4 is 10.1 Å². The smallest absolute Gasteiger partial charge is 0.352 e. The number of rotatable bonds is 9. The number of halogens is 1. The summed E-state index contributed by atoms with van der Waals surface area (Å²) in [6.07, 6.45) is 4.44. The van der Waals surface area contributed by atoms with Crippen molar-refractivity contribution in [3.8, 4) is 11.5 Å². The molecule has 2 aromatic carbocycles. The Morgan fingerprint density at radius 2 is 1.81 bits per heavy atom. The molecule has 2 aromatic rings. The van der Waals surface area contributed by atoms with Gasteiger partial charge in [-0.25, -0.2) is 4.79 Å². The van der Waals surface area contributed by atoms with E-state index in [0.717, 1.165) is 23.7 Å². The molecule has 0 aliphatic heterocycles. The summed E-state index contributed by atoms with van der Waals surface area (Å²) >= 11 is 3.42. The lowest BCUT2D eigenvalue weighted by Crippen LogP contribution is -2.26. The molecule has 0 unspecified atom stereocenters. The summed E-state index contributed by atoms with van der Waals surface area (Å²) in [5.74, 6) is -0.149. The number of hydrogen-bond acceptors (Lipinski definition) is 3. The molecule has 0 saturated carbocycles. The fraction of sp³-hybridized carbons (Fsp3) is 0.238. The van der Waals surface area contributed by atoms with Gasteiger partial charge in [-0.1, -0.05) is 44.0 Å². The van der Waals surface area contributed by atoms with Crippen LogP contribution in [0.3, 0.4) is 0 Å². The SMILES string of the molecule is CCCCCC(=O)N/C(=C/c1ccc(Oc2ccccc2Br)cc1)C(=O)O. The summed E-state index contributed by atoms with van der Waals surface area (Å²) < 4.78 is 6.62. The molecule has 6 heteroatoms. The molecule has 1 amide bonds.